The third kappa shape index (κ3) is 2.94. The summed E-state index contributed by atoms with van der Waals surface area (Å²) >= 11 is 0. The molecule has 1 N–H and O–H groups in total. The predicted octanol–water partition coefficient (Wildman–Crippen LogP) is 3.32. The van der Waals surface area contributed by atoms with E-state index in [1.165, 1.54) is 5.56 Å². The fourth-order valence-corrected chi connectivity index (χ4v) is 4.05. The molecule has 1 saturated heterocycles. The number of para-hydroxylation sites is 1. The van der Waals surface area contributed by atoms with Crippen LogP contribution in [0.25, 0.3) is 0 Å². The van der Waals surface area contributed by atoms with E-state index in [4.69, 9.17) is 0 Å². The van der Waals surface area contributed by atoms with Crippen molar-refractivity contribution >= 4 is 24.0 Å². The van der Waals surface area contributed by atoms with Gasteiger partial charge in [0, 0.05) is 17.6 Å². The first-order valence-corrected chi connectivity index (χ1v) is 8.43. The van der Waals surface area contributed by atoms with E-state index in [2.05, 4.69) is 23.5 Å². The molecule has 0 atom stereocenters. The fourth-order valence-electron chi connectivity index (χ4n) is 4.05. The molecule has 3 nitrogen and oxygen atoms in total. The molecule has 4 heteroatoms. The molecule has 0 aromatic heterocycles. The van der Waals surface area contributed by atoms with Gasteiger partial charge in [0.05, 0.1) is 6.42 Å². The summed E-state index contributed by atoms with van der Waals surface area (Å²) in [7, 11) is 0. The number of carbonyl (C=O) groups is 1. The number of carbonyl (C=O) groups excluding carboxylic acids is 1. The molecule has 0 aliphatic carbocycles. The number of halogens is 1. The Hall–Kier alpha value is -1.84. The van der Waals surface area contributed by atoms with Crippen LogP contribution in [0, 0.1) is 0 Å². The molecule has 24 heavy (non-hydrogen) atoms. The number of fused-ring (bicyclic) bond motifs is 2. The average Bonchev–Trinajstić information content (AvgIpc) is 2.91. The second kappa shape index (κ2) is 6.96. The van der Waals surface area contributed by atoms with Crippen molar-refractivity contribution in [3.05, 3.63) is 65.7 Å². The Morgan fingerprint density at radius 3 is 2.42 bits per heavy atom. The number of piperidine rings is 1. The summed E-state index contributed by atoms with van der Waals surface area (Å²) < 4.78 is 0. The Morgan fingerprint density at radius 2 is 1.67 bits per heavy atom. The number of nitrogens with zero attached hydrogens (tertiary/aromatic N) is 1. The van der Waals surface area contributed by atoms with Gasteiger partial charge in [-0.1, -0.05) is 48.5 Å². The van der Waals surface area contributed by atoms with E-state index in [0.29, 0.717) is 6.42 Å². The highest BCUT2D eigenvalue weighted by Gasteiger charge is 2.44. The van der Waals surface area contributed by atoms with Crippen molar-refractivity contribution in [3.63, 3.8) is 0 Å². The second-order valence-corrected chi connectivity index (χ2v) is 6.69. The topological polar surface area (TPSA) is 32.3 Å². The molecule has 2 aromatic carbocycles. The molecule has 2 aliphatic heterocycles. The Kier molecular flexibility index (Phi) is 4.93. The van der Waals surface area contributed by atoms with E-state index < -0.39 is 0 Å². The molecule has 126 valence electrons. The smallest absolute Gasteiger partial charge is 0.231 e. The first kappa shape index (κ1) is 17.0. The van der Waals surface area contributed by atoms with Crippen LogP contribution in [0.15, 0.2) is 54.6 Å². The summed E-state index contributed by atoms with van der Waals surface area (Å²) in [6.07, 6.45) is 2.70. The third-order valence-corrected chi connectivity index (χ3v) is 5.29. The van der Waals surface area contributed by atoms with Crippen molar-refractivity contribution in [2.24, 2.45) is 0 Å². The Bertz CT molecular complexity index is 711. The lowest BCUT2D eigenvalue weighted by Gasteiger charge is -2.34. The van der Waals surface area contributed by atoms with Gasteiger partial charge in [-0.15, -0.1) is 12.4 Å². The zero-order valence-electron chi connectivity index (χ0n) is 13.7. The van der Waals surface area contributed by atoms with Gasteiger partial charge in [0.15, 0.2) is 0 Å². The molecule has 2 aliphatic rings. The molecule has 0 radical (unpaired) electrons. The van der Waals surface area contributed by atoms with E-state index in [0.717, 1.165) is 43.7 Å². The number of anilines is 1. The maximum Gasteiger partial charge on any atom is 0.231 e. The first-order chi connectivity index (χ1) is 11.3. The Balaban J connectivity index is 0.00000169. The molecule has 2 aromatic rings. The van der Waals surface area contributed by atoms with Crippen LogP contribution in [0.5, 0.6) is 0 Å². The normalized spacial score (nSPS) is 18.1. The molecule has 1 spiro atoms. The number of hydrogen-bond donors (Lipinski definition) is 1. The minimum atomic E-state index is 0. The van der Waals surface area contributed by atoms with Gasteiger partial charge >= 0.3 is 0 Å². The van der Waals surface area contributed by atoms with Gasteiger partial charge < -0.3 is 10.2 Å². The molecule has 2 heterocycles. The van der Waals surface area contributed by atoms with Gasteiger partial charge in [-0.25, -0.2) is 0 Å². The summed E-state index contributed by atoms with van der Waals surface area (Å²) in [4.78, 5) is 14.9. The summed E-state index contributed by atoms with van der Waals surface area (Å²) in [5.41, 5.74) is 3.72. The zero-order valence-corrected chi connectivity index (χ0v) is 14.5. The van der Waals surface area contributed by atoms with E-state index in [1.807, 2.05) is 41.3 Å². The zero-order chi connectivity index (χ0) is 15.7. The van der Waals surface area contributed by atoms with Crippen LogP contribution in [0.3, 0.4) is 0 Å². The highest BCUT2D eigenvalue weighted by atomic mass is 35.5. The fraction of sp³-hybridized carbons (Fsp3) is 0.350. The Morgan fingerprint density at radius 1 is 1.00 bits per heavy atom. The van der Waals surface area contributed by atoms with Gasteiger partial charge in [-0.3, -0.25) is 4.79 Å². The second-order valence-electron chi connectivity index (χ2n) is 6.69. The SMILES string of the molecule is Cl.O=C(Cc1ccccc1)N1CC2(CCNCC2)c2ccccc21. The van der Waals surface area contributed by atoms with E-state index in [-0.39, 0.29) is 23.7 Å². The third-order valence-electron chi connectivity index (χ3n) is 5.29. The predicted molar refractivity (Wildman–Crippen MR) is 100.0 cm³/mol. The summed E-state index contributed by atoms with van der Waals surface area (Å²) in [5, 5.41) is 3.45. The number of nitrogens with one attached hydrogen (secondary N) is 1. The van der Waals surface area contributed by atoms with Crippen molar-refractivity contribution in [2.75, 3.05) is 24.5 Å². The lowest BCUT2D eigenvalue weighted by atomic mass is 9.75. The molecule has 0 saturated carbocycles. The van der Waals surface area contributed by atoms with E-state index in [9.17, 15) is 4.79 Å². The van der Waals surface area contributed by atoms with Crippen LogP contribution in [-0.4, -0.2) is 25.5 Å². The number of benzene rings is 2. The molecule has 1 amide bonds. The average molecular weight is 343 g/mol. The maximum atomic E-state index is 12.9. The lowest BCUT2D eigenvalue weighted by Crippen LogP contribution is -2.44. The molecule has 4 rings (SSSR count). The van der Waals surface area contributed by atoms with Crippen molar-refractivity contribution < 1.29 is 4.79 Å². The van der Waals surface area contributed by atoms with Gasteiger partial charge in [0.25, 0.3) is 0 Å². The minimum absolute atomic E-state index is 0. The summed E-state index contributed by atoms with van der Waals surface area (Å²) in [6.45, 7) is 2.91. The van der Waals surface area contributed by atoms with Crippen LogP contribution in [0.4, 0.5) is 5.69 Å². The molecular formula is C20H23ClN2O. The summed E-state index contributed by atoms with van der Waals surface area (Å²) in [5.74, 6) is 0.207. The van der Waals surface area contributed by atoms with Crippen LogP contribution >= 0.6 is 12.4 Å². The number of amides is 1. The minimum Gasteiger partial charge on any atom is -0.317 e. The highest BCUT2D eigenvalue weighted by molar-refractivity contribution is 5.97. The van der Waals surface area contributed by atoms with Crippen molar-refractivity contribution in [1.29, 1.82) is 0 Å². The highest BCUT2D eigenvalue weighted by Crippen LogP contribution is 2.46. The van der Waals surface area contributed by atoms with Crippen molar-refractivity contribution in [1.82, 2.24) is 5.32 Å². The molecule has 1 fully saturated rings. The summed E-state index contributed by atoms with van der Waals surface area (Å²) in [6, 6.07) is 18.5. The van der Waals surface area contributed by atoms with Crippen LogP contribution in [0.1, 0.15) is 24.0 Å². The standard InChI is InChI=1S/C20H22N2O.ClH/c23-19(14-16-6-2-1-3-7-16)22-15-20(10-12-21-13-11-20)17-8-4-5-9-18(17)22;/h1-9,21H,10-15H2;1H. The molecule has 0 unspecified atom stereocenters. The largest absolute Gasteiger partial charge is 0.317 e. The van der Waals surface area contributed by atoms with Gasteiger partial charge in [-0.2, -0.15) is 0 Å². The maximum absolute atomic E-state index is 12.9. The van der Waals surface area contributed by atoms with Gasteiger partial charge in [0.1, 0.15) is 0 Å². The van der Waals surface area contributed by atoms with Crippen LogP contribution < -0.4 is 10.2 Å². The van der Waals surface area contributed by atoms with Crippen LogP contribution in [-0.2, 0) is 16.6 Å². The van der Waals surface area contributed by atoms with E-state index in [1.54, 1.807) is 0 Å². The number of rotatable bonds is 2. The molecular weight excluding hydrogens is 320 g/mol. The first-order valence-electron chi connectivity index (χ1n) is 8.43. The van der Waals surface area contributed by atoms with Gasteiger partial charge in [-0.05, 0) is 43.1 Å². The number of hydrogen-bond acceptors (Lipinski definition) is 2. The quantitative estimate of drug-likeness (QED) is 0.908. The van der Waals surface area contributed by atoms with Crippen molar-refractivity contribution in [2.45, 2.75) is 24.7 Å². The lowest BCUT2D eigenvalue weighted by molar-refractivity contribution is -0.118. The van der Waals surface area contributed by atoms with Gasteiger partial charge in [0.2, 0.25) is 5.91 Å². The van der Waals surface area contributed by atoms with E-state index >= 15 is 0 Å². The van der Waals surface area contributed by atoms with Crippen LogP contribution in [0.2, 0.25) is 0 Å². The monoisotopic (exact) mass is 342 g/mol. The van der Waals surface area contributed by atoms with Crippen molar-refractivity contribution in [3.8, 4) is 0 Å². The Labute approximate surface area is 149 Å². The molecule has 0 bridgehead atoms.